The highest BCUT2D eigenvalue weighted by molar-refractivity contribution is 5.49. The lowest BCUT2D eigenvalue weighted by Crippen LogP contribution is -2.55. The Morgan fingerprint density at radius 1 is 1.40 bits per heavy atom. The Balaban J connectivity index is 2.40. The van der Waals surface area contributed by atoms with Gasteiger partial charge in [-0.05, 0) is 24.8 Å². The van der Waals surface area contributed by atoms with E-state index >= 15 is 0 Å². The zero-order valence-corrected chi connectivity index (χ0v) is 8.64. The molecule has 0 bridgehead atoms. The van der Waals surface area contributed by atoms with Gasteiger partial charge in [-0.3, -0.25) is 5.41 Å². The summed E-state index contributed by atoms with van der Waals surface area (Å²) in [5.41, 5.74) is 2.20. The number of para-hydroxylation sites is 1. The molecule has 0 radical (unpaired) electrons. The Morgan fingerprint density at radius 3 is 2.73 bits per heavy atom. The third kappa shape index (κ3) is 1.76. The number of nitrogens with one attached hydrogen (secondary N) is 1. The second kappa shape index (κ2) is 3.61. The smallest absolute Gasteiger partial charge is 0.286 e. The Hall–Kier alpha value is -2.04. The van der Waals surface area contributed by atoms with Crippen LogP contribution in [0.5, 0.6) is 0 Å². The summed E-state index contributed by atoms with van der Waals surface area (Å²) in [4.78, 5) is 1.49. The second-order valence-corrected chi connectivity index (χ2v) is 3.30. The Kier molecular flexibility index (Phi) is 2.29. The number of nitrogens with zero attached hydrogens (tertiary/aromatic N) is 3. The molecule has 2 aromatic rings. The molecule has 0 fully saturated rings. The number of anilines is 1. The summed E-state index contributed by atoms with van der Waals surface area (Å²) in [6.45, 7) is 2.02. The van der Waals surface area contributed by atoms with Crippen molar-refractivity contribution < 1.29 is 9.31 Å². The number of aryl methyl sites for hydroxylation is 1. The van der Waals surface area contributed by atoms with E-state index in [4.69, 9.17) is 5.41 Å². The van der Waals surface area contributed by atoms with Crippen molar-refractivity contribution >= 4 is 5.69 Å². The van der Waals surface area contributed by atoms with Crippen LogP contribution in [0.15, 0.2) is 35.0 Å². The van der Waals surface area contributed by atoms with Crippen LogP contribution in [-0.4, -0.2) is 7.05 Å². The average Bonchev–Trinajstić information content (AvgIpc) is 2.65. The van der Waals surface area contributed by atoms with Crippen molar-refractivity contribution in [2.45, 2.75) is 6.92 Å². The molecule has 0 aliphatic heterocycles. The molecular formula is C10H12N4O. The summed E-state index contributed by atoms with van der Waals surface area (Å²) in [7, 11) is 1.87. The molecule has 0 amide bonds. The number of hydrogen-bond acceptors (Lipinski definition) is 3. The van der Waals surface area contributed by atoms with Crippen molar-refractivity contribution in [3.63, 3.8) is 0 Å². The van der Waals surface area contributed by atoms with Gasteiger partial charge in [0.25, 0.3) is 11.8 Å². The van der Waals surface area contributed by atoms with Crippen molar-refractivity contribution in [2.24, 2.45) is 0 Å². The fraction of sp³-hybridized carbons (Fsp3) is 0.200. The first-order valence-electron chi connectivity index (χ1n) is 4.58. The van der Waals surface area contributed by atoms with Gasteiger partial charge in [0.15, 0.2) is 0 Å². The van der Waals surface area contributed by atoms with Crippen molar-refractivity contribution in [1.29, 1.82) is 5.41 Å². The largest absolute Gasteiger partial charge is 0.380 e. The Labute approximate surface area is 87.0 Å². The molecule has 0 aliphatic rings. The Morgan fingerprint density at radius 2 is 2.13 bits per heavy atom. The summed E-state index contributed by atoms with van der Waals surface area (Å²) in [6.07, 6.45) is 1.51. The quantitative estimate of drug-likeness (QED) is 0.711. The summed E-state index contributed by atoms with van der Waals surface area (Å²) in [6, 6.07) is 7.95. The molecule has 5 heteroatoms. The van der Waals surface area contributed by atoms with Gasteiger partial charge in [-0.25, -0.2) is 5.01 Å². The zero-order chi connectivity index (χ0) is 10.8. The van der Waals surface area contributed by atoms with E-state index in [0.717, 1.165) is 11.3 Å². The minimum absolute atomic E-state index is 0.0374. The maximum Gasteiger partial charge on any atom is 0.286 e. The molecule has 0 atom stereocenters. The molecule has 1 aromatic carbocycles. The lowest BCUT2D eigenvalue weighted by atomic mass is 10.2. The van der Waals surface area contributed by atoms with Crippen LogP contribution in [0.4, 0.5) is 5.69 Å². The first-order chi connectivity index (χ1) is 7.18. The fourth-order valence-corrected chi connectivity index (χ4v) is 1.42. The van der Waals surface area contributed by atoms with Gasteiger partial charge in [0.2, 0.25) is 0 Å². The van der Waals surface area contributed by atoms with Crippen molar-refractivity contribution in [1.82, 2.24) is 5.27 Å². The highest BCUT2D eigenvalue weighted by Gasteiger charge is 2.07. The molecule has 1 N–H and O–H groups in total. The van der Waals surface area contributed by atoms with Crippen LogP contribution in [0.25, 0.3) is 0 Å². The SMILES string of the molecule is Cc1ccccc1N(C)[n+]1cc(=N)o[n-]1. The van der Waals surface area contributed by atoms with Gasteiger partial charge < -0.3 is 4.52 Å². The minimum atomic E-state index is 0.0374. The molecule has 1 aromatic heterocycles. The van der Waals surface area contributed by atoms with E-state index in [1.165, 1.54) is 11.0 Å². The van der Waals surface area contributed by atoms with Crippen LogP contribution in [0.1, 0.15) is 5.56 Å². The number of rotatable bonds is 2. The predicted molar refractivity (Wildman–Crippen MR) is 53.1 cm³/mol. The van der Waals surface area contributed by atoms with Gasteiger partial charge in [0, 0.05) is 5.69 Å². The van der Waals surface area contributed by atoms with Gasteiger partial charge in [0.1, 0.15) is 0 Å². The Bertz CT molecular complexity index is 514. The van der Waals surface area contributed by atoms with E-state index in [1.54, 1.807) is 0 Å². The molecule has 0 unspecified atom stereocenters. The molecule has 0 saturated carbocycles. The van der Waals surface area contributed by atoms with E-state index in [-0.39, 0.29) is 5.55 Å². The monoisotopic (exact) mass is 204 g/mol. The third-order valence-corrected chi connectivity index (χ3v) is 2.23. The topological polar surface area (TPSA) is 58.2 Å². The molecule has 78 valence electrons. The van der Waals surface area contributed by atoms with Gasteiger partial charge in [-0.1, -0.05) is 29.1 Å². The highest BCUT2D eigenvalue weighted by Crippen LogP contribution is 2.15. The van der Waals surface area contributed by atoms with E-state index < -0.39 is 0 Å². The second-order valence-electron chi connectivity index (χ2n) is 3.30. The lowest BCUT2D eigenvalue weighted by Gasteiger charge is -2.18. The standard InChI is InChI=1S/C10H12N4O/c1-8-5-3-4-6-9(8)13(2)14-7-10(11)15-12-14/h3-7,11H,1-2H3. The van der Waals surface area contributed by atoms with Gasteiger partial charge in [-0.15, -0.1) is 0 Å². The summed E-state index contributed by atoms with van der Waals surface area (Å²) < 4.78 is 4.68. The van der Waals surface area contributed by atoms with Crippen LogP contribution in [-0.2, 0) is 0 Å². The van der Waals surface area contributed by atoms with Crippen LogP contribution < -0.4 is 20.6 Å². The molecule has 0 saturated heterocycles. The molecule has 0 aliphatic carbocycles. The van der Waals surface area contributed by atoms with E-state index in [2.05, 4.69) is 9.79 Å². The first-order valence-corrected chi connectivity index (χ1v) is 4.58. The highest BCUT2D eigenvalue weighted by atomic mass is 16.5. The maximum absolute atomic E-state index is 7.25. The van der Waals surface area contributed by atoms with E-state index in [9.17, 15) is 0 Å². The van der Waals surface area contributed by atoms with Crippen LogP contribution in [0.3, 0.4) is 0 Å². The molecule has 1 heterocycles. The van der Waals surface area contributed by atoms with Gasteiger partial charge >= 0.3 is 0 Å². The maximum atomic E-state index is 7.25. The van der Waals surface area contributed by atoms with Crippen molar-refractivity contribution in [2.75, 3.05) is 12.1 Å². The third-order valence-electron chi connectivity index (χ3n) is 2.23. The summed E-state index contributed by atoms with van der Waals surface area (Å²) in [5.74, 6) is 0. The number of benzene rings is 1. The summed E-state index contributed by atoms with van der Waals surface area (Å²) in [5, 5.41) is 12.8. The number of hydrogen-bond donors (Lipinski definition) is 1. The minimum Gasteiger partial charge on any atom is -0.380 e. The molecule has 0 spiro atoms. The fourth-order valence-electron chi connectivity index (χ4n) is 1.42. The lowest BCUT2D eigenvalue weighted by molar-refractivity contribution is -0.753. The van der Waals surface area contributed by atoms with Crippen molar-refractivity contribution in [3.05, 3.63) is 41.6 Å². The average molecular weight is 204 g/mol. The van der Waals surface area contributed by atoms with Crippen LogP contribution in [0, 0.1) is 12.3 Å². The normalized spacial score (nSPS) is 10.3. The molecule has 5 nitrogen and oxygen atoms in total. The van der Waals surface area contributed by atoms with Gasteiger partial charge in [-0.2, -0.15) is 0 Å². The molecular weight excluding hydrogens is 192 g/mol. The first kappa shape index (κ1) is 9.51. The van der Waals surface area contributed by atoms with E-state index in [1.807, 2.05) is 43.2 Å². The zero-order valence-electron chi connectivity index (χ0n) is 8.64. The van der Waals surface area contributed by atoms with E-state index in [0.29, 0.717) is 0 Å². The number of aromatic nitrogens is 2. The molecule has 15 heavy (non-hydrogen) atoms. The predicted octanol–water partition coefficient (Wildman–Crippen LogP) is 0.212. The van der Waals surface area contributed by atoms with Crippen molar-refractivity contribution in [3.8, 4) is 0 Å². The van der Waals surface area contributed by atoms with Crippen LogP contribution in [0.2, 0.25) is 0 Å². The van der Waals surface area contributed by atoms with Gasteiger partial charge in [0.05, 0.1) is 0 Å². The van der Waals surface area contributed by atoms with Crippen LogP contribution >= 0.6 is 0 Å². The summed E-state index contributed by atoms with van der Waals surface area (Å²) >= 11 is 0. The molecule has 2 rings (SSSR count).